The summed E-state index contributed by atoms with van der Waals surface area (Å²) in [5.74, 6) is -2.90. The number of ketones is 6. The molecule has 0 amide bonds. The second-order valence-electron chi connectivity index (χ2n) is 12.5. The van der Waals surface area contributed by atoms with E-state index < -0.39 is 17.3 Å². The van der Waals surface area contributed by atoms with Gasteiger partial charge in [0.25, 0.3) is 0 Å². The Morgan fingerprint density at radius 1 is 0.204 bits per heavy atom. The second-order valence-corrected chi connectivity index (χ2v) is 12.5. The summed E-state index contributed by atoms with van der Waals surface area (Å²) >= 11 is 0. The number of hydrogen-bond acceptors (Lipinski definition) is 6. The van der Waals surface area contributed by atoms with E-state index in [4.69, 9.17) is 0 Å². The van der Waals surface area contributed by atoms with Gasteiger partial charge in [-0.15, -0.1) is 0 Å². The molecule has 0 unspecified atom stereocenters. The Morgan fingerprint density at radius 2 is 0.370 bits per heavy atom. The predicted octanol–water partition coefficient (Wildman–Crippen LogP) is 9.07. The molecule has 54 heavy (non-hydrogen) atoms. The Morgan fingerprint density at radius 3 is 0.574 bits per heavy atom. The Hall–Kier alpha value is -7.44. The summed E-state index contributed by atoms with van der Waals surface area (Å²) in [7, 11) is 0. The zero-order chi connectivity index (χ0) is 37.6. The van der Waals surface area contributed by atoms with Gasteiger partial charge in [0, 0.05) is 66.8 Å². The molecule has 0 aliphatic heterocycles. The van der Waals surface area contributed by atoms with Crippen LogP contribution in [0.15, 0.2) is 182 Å². The van der Waals surface area contributed by atoms with Gasteiger partial charge in [-0.3, -0.25) is 28.8 Å². The van der Waals surface area contributed by atoms with Crippen LogP contribution in [0.25, 0.3) is 0 Å². The normalized spacial score (nSPS) is 10.7. The van der Waals surface area contributed by atoms with E-state index in [-0.39, 0.29) is 67.4 Å². The highest BCUT2D eigenvalue weighted by molar-refractivity contribution is 6.24. The van der Waals surface area contributed by atoms with E-state index in [2.05, 4.69) is 0 Å². The fraction of sp³-hybridized carbons (Fsp3) is 0. The molecule has 0 saturated heterocycles. The molecule has 0 aromatic heterocycles. The molecule has 0 heterocycles. The quantitative estimate of drug-likeness (QED) is 0.118. The van der Waals surface area contributed by atoms with E-state index in [1.807, 2.05) is 0 Å². The van der Waals surface area contributed by atoms with Crippen LogP contribution in [0.5, 0.6) is 0 Å². The highest BCUT2D eigenvalue weighted by Crippen LogP contribution is 2.26. The van der Waals surface area contributed by atoms with Crippen molar-refractivity contribution >= 4 is 34.7 Å². The summed E-state index contributed by atoms with van der Waals surface area (Å²) in [4.78, 5) is 84.3. The fourth-order valence-electron chi connectivity index (χ4n) is 6.36. The van der Waals surface area contributed by atoms with Crippen LogP contribution < -0.4 is 0 Å². The maximum absolute atomic E-state index is 14.5. The van der Waals surface area contributed by atoms with Crippen molar-refractivity contribution in [3.05, 3.63) is 249 Å². The predicted molar refractivity (Wildman–Crippen MR) is 206 cm³/mol. The standard InChI is InChI=1S/C48H30O6/c49-43(31-16-4-1-5-17-31)37-22-10-13-25-40(37)46(52)34-28-35(47(53)41-26-14-11-23-38(41)44(50)32-18-6-2-7-19-32)30-36(29-34)48(54)42-27-15-12-24-39(42)45(51)33-20-8-3-9-21-33/h1-30H. The molecule has 6 nitrogen and oxygen atoms in total. The maximum atomic E-state index is 14.5. The lowest BCUT2D eigenvalue weighted by molar-refractivity contribution is 0.0996. The van der Waals surface area contributed by atoms with E-state index in [1.54, 1.807) is 146 Å². The number of hydrogen-bond donors (Lipinski definition) is 0. The van der Waals surface area contributed by atoms with Crippen LogP contribution in [0.1, 0.15) is 95.5 Å². The van der Waals surface area contributed by atoms with Gasteiger partial charge in [0.05, 0.1) is 0 Å². The van der Waals surface area contributed by atoms with Gasteiger partial charge in [0.15, 0.2) is 34.7 Å². The third kappa shape index (κ3) is 7.04. The third-order valence-corrected chi connectivity index (χ3v) is 9.08. The molecule has 0 fully saturated rings. The van der Waals surface area contributed by atoms with Gasteiger partial charge in [-0.1, -0.05) is 164 Å². The number of benzene rings is 7. The molecule has 0 N–H and O–H groups in total. The van der Waals surface area contributed by atoms with Crippen molar-refractivity contribution in [2.24, 2.45) is 0 Å². The van der Waals surface area contributed by atoms with Crippen molar-refractivity contribution in [2.75, 3.05) is 0 Å². The first kappa shape index (κ1) is 35.0. The third-order valence-electron chi connectivity index (χ3n) is 9.08. The van der Waals surface area contributed by atoms with Gasteiger partial charge < -0.3 is 0 Å². The minimum Gasteiger partial charge on any atom is -0.289 e. The molecule has 6 heteroatoms. The summed E-state index contributed by atoms with van der Waals surface area (Å²) in [6.07, 6.45) is 0. The van der Waals surface area contributed by atoms with Crippen molar-refractivity contribution in [3.8, 4) is 0 Å². The van der Waals surface area contributed by atoms with E-state index >= 15 is 0 Å². The zero-order valence-corrected chi connectivity index (χ0v) is 28.8. The van der Waals surface area contributed by atoms with Crippen LogP contribution in [0, 0.1) is 0 Å². The van der Waals surface area contributed by atoms with E-state index in [0.717, 1.165) is 0 Å². The first-order valence-corrected chi connectivity index (χ1v) is 17.2. The Bertz CT molecular complexity index is 2290. The molecule has 0 aliphatic carbocycles. The van der Waals surface area contributed by atoms with Crippen molar-refractivity contribution < 1.29 is 28.8 Å². The van der Waals surface area contributed by atoms with Crippen molar-refractivity contribution in [3.63, 3.8) is 0 Å². The summed E-state index contributed by atoms with van der Waals surface area (Å²) in [5.41, 5.74) is 1.74. The molecule has 0 radical (unpaired) electrons. The van der Waals surface area contributed by atoms with Gasteiger partial charge in [-0.25, -0.2) is 0 Å². The van der Waals surface area contributed by atoms with E-state index in [1.165, 1.54) is 36.4 Å². The highest BCUT2D eigenvalue weighted by atomic mass is 16.1. The molecule has 0 bridgehead atoms. The van der Waals surface area contributed by atoms with Gasteiger partial charge >= 0.3 is 0 Å². The Balaban J connectivity index is 1.37. The molecule has 0 saturated carbocycles. The summed E-state index contributed by atoms with van der Waals surface area (Å²) in [6.45, 7) is 0. The van der Waals surface area contributed by atoms with Crippen LogP contribution in [0.2, 0.25) is 0 Å². The van der Waals surface area contributed by atoms with Gasteiger partial charge in [-0.2, -0.15) is 0 Å². The molecule has 0 spiro atoms. The molecule has 7 aromatic rings. The summed E-state index contributed by atoms with van der Waals surface area (Å²) in [6, 6.07) is 48.9. The van der Waals surface area contributed by atoms with Gasteiger partial charge in [0.2, 0.25) is 0 Å². The largest absolute Gasteiger partial charge is 0.289 e. The van der Waals surface area contributed by atoms with Crippen LogP contribution in [0.4, 0.5) is 0 Å². The molecule has 0 atom stereocenters. The molecule has 7 rings (SSSR count). The van der Waals surface area contributed by atoms with E-state index in [9.17, 15) is 28.8 Å². The van der Waals surface area contributed by atoms with E-state index in [0.29, 0.717) is 16.7 Å². The first-order valence-electron chi connectivity index (χ1n) is 17.2. The monoisotopic (exact) mass is 702 g/mol. The van der Waals surface area contributed by atoms with Crippen LogP contribution >= 0.6 is 0 Å². The number of rotatable bonds is 12. The van der Waals surface area contributed by atoms with Crippen molar-refractivity contribution in [2.45, 2.75) is 0 Å². The van der Waals surface area contributed by atoms with Crippen LogP contribution in [0.3, 0.4) is 0 Å². The average Bonchev–Trinajstić information content (AvgIpc) is 3.25. The molecular formula is C48H30O6. The second kappa shape index (κ2) is 15.4. The smallest absolute Gasteiger partial charge is 0.193 e. The zero-order valence-electron chi connectivity index (χ0n) is 28.8. The minimum absolute atomic E-state index is 0.0313. The average molecular weight is 703 g/mol. The molecule has 258 valence electrons. The minimum atomic E-state index is -0.596. The summed E-state index contributed by atoms with van der Waals surface area (Å²) < 4.78 is 0. The Labute approximate surface area is 311 Å². The molecular weight excluding hydrogens is 673 g/mol. The highest BCUT2D eigenvalue weighted by Gasteiger charge is 2.26. The van der Waals surface area contributed by atoms with Crippen LogP contribution in [-0.2, 0) is 0 Å². The summed E-state index contributed by atoms with van der Waals surface area (Å²) in [5, 5.41) is 0. The topological polar surface area (TPSA) is 102 Å². The molecule has 7 aromatic carbocycles. The van der Waals surface area contributed by atoms with Gasteiger partial charge in [-0.05, 0) is 18.2 Å². The van der Waals surface area contributed by atoms with Crippen LogP contribution in [-0.4, -0.2) is 34.7 Å². The lowest BCUT2D eigenvalue weighted by Gasteiger charge is -2.14. The lowest BCUT2D eigenvalue weighted by atomic mass is 9.87. The Kier molecular flexibility index (Phi) is 10.00. The first-order chi connectivity index (χ1) is 26.3. The van der Waals surface area contributed by atoms with Gasteiger partial charge in [0.1, 0.15) is 0 Å². The van der Waals surface area contributed by atoms with Crippen molar-refractivity contribution in [1.29, 1.82) is 0 Å². The maximum Gasteiger partial charge on any atom is 0.193 e. The number of carbonyl (C=O) groups is 6. The van der Waals surface area contributed by atoms with Crippen molar-refractivity contribution in [1.82, 2.24) is 0 Å². The lowest BCUT2D eigenvalue weighted by Crippen LogP contribution is -2.16. The fourth-order valence-corrected chi connectivity index (χ4v) is 6.36. The SMILES string of the molecule is O=C(c1ccccc1)c1ccccc1C(=O)c1cc(C(=O)c2ccccc2C(=O)c2ccccc2)cc(C(=O)c2ccccc2C(=O)c2ccccc2)c1. The molecule has 0 aliphatic rings. The number of carbonyl (C=O) groups excluding carboxylic acids is 6.